The number of phenols is 1. The standard InChI is InChI=1S/C17H15FN2OS/c18-13-3-1-2-11(8-13)9-15(16-10-22-17(19)20-16)12-4-6-14(21)7-5-12/h1-8,10,15,21H,9H2,(H2,19,20). The Balaban J connectivity index is 1.97. The summed E-state index contributed by atoms with van der Waals surface area (Å²) in [6.45, 7) is 0. The van der Waals surface area contributed by atoms with E-state index in [-0.39, 0.29) is 17.5 Å². The molecular formula is C17H15FN2OS. The van der Waals surface area contributed by atoms with Gasteiger partial charge in [0.2, 0.25) is 0 Å². The number of halogens is 1. The van der Waals surface area contributed by atoms with Gasteiger partial charge in [-0.3, -0.25) is 0 Å². The third-order valence-electron chi connectivity index (χ3n) is 3.52. The number of aromatic nitrogens is 1. The van der Waals surface area contributed by atoms with Crippen LogP contribution < -0.4 is 5.73 Å². The van der Waals surface area contributed by atoms with E-state index < -0.39 is 0 Å². The van der Waals surface area contributed by atoms with Crippen molar-refractivity contribution in [1.29, 1.82) is 0 Å². The summed E-state index contributed by atoms with van der Waals surface area (Å²) in [7, 11) is 0. The van der Waals surface area contributed by atoms with Crippen LogP contribution in [0.25, 0.3) is 0 Å². The van der Waals surface area contributed by atoms with Crippen molar-refractivity contribution in [2.24, 2.45) is 0 Å². The first kappa shape index (κ1) is 14.5. The average molecular weight is 314 g/mol. The molecule has 1 atom stereocenters. The van der Waals surface area contributed by atoms with Gasteiger partial charge in [-0.15, -0.1) is 11.3 Å². The van der Waals surface area contributed by atoms with Crippen molar-refractivity contribution in [3.05, 3.63) is 76.5 Å². The van der Waals surface area contributed by atoms with Crippen LogP contribution in [0.2, 0.25) is 0 Å². The SMILES string of the molecule is Nc1nc(C(Cc2cccc(F)c2)c2ccc(O)cc2)cs1. The Morgan fingerprint density at radius 2 is 1.95 bits per heavy atom. The molecule has 0 fully saturated rings. The molecule has 0 aliphatic carbocycles. The van der Waals surface area contributed by atoms with Crippen LogP contribution in [0, 0.1) is 5.82 Å². The molecule has 0 amide bonds. The lowest BCUT2D eigenvalue weighted by molar-refractivity contribution is 0.475. The van der Waals surface area contributed by atoms with Gasteiger partial charge in [-0.2, -0.15) is 0 Å². The highest BCUT2D eigenvalue weighted by atomic mass is 32.1. The van der Waals surface area contributed by atoms with E-state index in [0.29, 0.717) is 11.6 Å². The van der Waals surface area contributed by atoms with Crippen molar-refractivity contribution in [3.8, 4) is 5.75 Å². The molecule has 0 aliphatic rings. The molecule has 0 saturated carbocycles. The number of anilines is 1. The summed E-state index contributed by atoms with van der Waals surface area (Å²) in [5.41, 5.74) is 8.50. The normalized spacial score (nSPS) is 12.2. The molecule has 22 heavy (non-hydrogen) atoms. The second kappa shape index (κ2) is 6.15. The fourth-order valence-corrected chi connectivity index (χ4v) is 3.08. The van der Waals surface area contributed by atoms with Gasteiger partial charge in [0.05, 0.1) is 5.69 Å². The topological polar surface area (TPSA) is 59.1 Å². The summed E-state index contributed by atoms with van der Waals surface area (Å²) in [6, 6.07) is 13.6. The van der Waals surface area contributed by atoms with Crippen LogP contribution in [-0.2, 0) is 6.42 Å². The first-order valence-corrected chi connectivity index (χ1v) is 7.74. The summed E-state index contributed by atoms with van der Waals surface area (Å²) >= 11 is 1.39. The lowest BCUT2D eigenvalue weighted by atomic mass is 9.89. The quantitative estimate of drug-likeness (QED) is 0.766. The van der Waals surface area contributed by atoms with E-state index in [1.807, 2.05) is 23.6 Å². The van der Waals surface area contributed by atoms with Gasteiger partial charge in [-0.1, -0.05) is 24.3 Å². The van der Waals surface area contributed by atoms with E-state index in [9.17, 15) is 9.50 Å². The highest BCUT2D eigenvalue weighted by Gasteiger charge is 2.18. The monoisotopic (exact) mass is 314 g/mol. The summed E-state index contributed by atoms with van der Waals surface area (Å²) in [4.78, 5) is 4.37. The lowest BCUT2D eigenvalue weighted by Crippen LogP contribution is -2.06. The van der Waals surface area contributed by atoms with Crippen LogP contribution in [0.1, 0.15) is 22.7 Å². The Bertz CT molecular complexity index is 770. The van der Waals surface area contributed by atoms with E-state index in [2.05, 4.69) is 4.98 Å². The summed E-state index contributed by atoms with van der Waals surface area (Å²) in [5.74, 6) is -0.0678. The third-order valence-corrected chi connectivity index (χ3v) is 4.21. The van der Waals surface area contributed by atoms with Crippen LogP contribution >= 0.6 is 11.3 Å². The van der Waals surface area contributed by atoms with Crippen LogP contribution in [-0.4, -0.2) is 10.1 Å². The minimum Gasteiger partial charge on any atom is -0.508 e. The van der Waals surface area contributed by atoms with E-state index in [1.165, 1.54) is 23.5 Å². The molecule has 0 spiro atoms. The molecule has 0 saturated heterocycles. The van der Waals surface area contributed by atoms with E-state index >= 15 is 0 Å². The maximum atomic E-state index is 13.4. The number of aromatic hydroxyl groups is 1. The van der Waals surface area contributed by atoms with Gasteiger partial charge < -0.3 is 10.8 Å². The minimum absolute atomic E-state index is 0.0315. The predicted octanol–water partition coefficient (Wildman–Crippen LogP) is 3.94. The number of phenolic OH excluding ortho intramolecular Hbond substituents is 1. The zero-order valence-corrected chi connectivity index (χ0v) is 12.6. The van der Waals surface area contributed by atoms with Gasteiger partial charge in [0, 0.05) is 11.3 Å². The van der Waals surface area contributed by atoms with Gasteiger partial charge in [0.1, 0.15) is 11.6 Å². The maximum absolute atomic E-state index is 13.4. The molecule has 3 rings (SSSR count). The molecule has 1 aromatic heterocycles. The van der Waals surface area contributed by atoms with Gasteiger partial charge in [0.25, 0.3) is 0 Å². The Morgan fingerprint density at radius 3 is 2.59 bits per heavy atom. The van der Waals surface area contributed by atoms with Crippen molar-refractivity contribution >= 4 is 16.5 Å². The number of rotatable bonds is 4. The number of hydrogen-bond acceptors (Lipinski definition) is 4. The number of nitrogens with two attached hydrogens (primary N) is 1. The molecule has 0 bridgehead atoms. The summed E-state index contributed by atoms with van der Waals surface area (Å²) in [6.07, 6.45) is 0.617. The number of nitrogen functional groups attached to an aromatic ring is 1. The summed E-state index contributed by atoms with van der Waals surface area (Å²) < 4.78 is 13.4. The first-order chi connectivity index (χ1) is 10.6. The number of thiazole rings is 1. The first-order valence-electron chi connectivity index (χ1n) is 6.86. The van der Waals surface area contributed by atoms with Crippen molar-refractivity contribution < 1.29 is 9.50 Å². The highest BCUT2D eigenvalue weighted by molar-refractivity contribution is 7.13. The molecule has 112 valence electrons. The minimum atomic E-state index is -0.250. The fourth-order valence-electron chi connectivity index (χ4n) is 2.46. The van der Waals surface area contributed by atoms with Gasteiger partial charge in [-0.05, 0) is 41.8 Å². The molecule has 0 aliphatic heterocycles. The Morgan fingerprint density at radius 1 is 1.18 bits per heavy atom. The van der Waals surface area contributed by atoms with Crippen molar-refractivity contribution in [1.82, 2.24) is 4.98 Å². The third kappa shape index (κ3) is 3.26. The summed E-state index contributed by atoms with van der Waals surface area (Å²) in [5, 5.41) is 11.9. The molecule has 2 aromatic carbocycles. The predicted molar refractivity (Wildman–Crippen MR) is 86.6 cm³/mol. The second-order valence-corrected chi connectivity index (χ2v) is 5.98. The van der Waals surface area contributed by atoms with E-state index in [4.69, 9.17) is 5.73 Å². The van der Waals surface area contributed by atoms with Crippen molar-refractivity contribution in [3.63, 3.8) is 0 Å². The zero-order chi connectivity index (χ0) is 15.5. The number of benzene rings is 2. The highest BCUT2D eigenvalue weighted by Crippen LogP contribution is 2.31. The molecule has 3 N–H and O–H groups in total. The maximum Gasteiger partial charge on any atom is 0.180 e. The van der Waals surface area contributed by atoms with Gasteiger partial charge in [0.15, 0.2) is 5.13 Å². The van der Waals surface area contributed by atoms with E-state index in [0.717, 1.165) is 16.8 Å². The molecule has 1 heterocycles. The molecule has 5 heteroatoms. The number of hydrogen-bond donors (Lipinski definition) is 2. The van der Waals surface area contributed by atoms with Crippen LogP contribution in [0.15, 0.2) is 53.9 Å². The molecule has 0 radical (unpaired) electrons. The number of nitrogens with zero attached hydrogens (tertiary/aromatic N) is 1. The van der Waals surface area contributed by atoms with Gasteiger partial charge in [-0.25, -0.2) is 9.37 Å². The Kier molecular flexibility index (Phi) is 4.06. The molecule has 3 aromatic rings. The lowest BCUT2D eigenvalue weighted by Gasteiger charge is -2.16. The fraction of sp³-hybridized carbons (Fsp3) is 0.118. The smallest absolute Gasteiger partial charge is 0.180 e. The van der Waals surface area contributed by atoms with Crippen molar-refractivity contribution in [2.45, 2.75) is 12.3 Å². The van der Waals surface area contributed by atoms with Crippen LogP contribution in [0.3, 0.4) is 0 Å². The second-order valence-electron chi connectivity index (χ2n) is 5.09. The van der Waals surface area contributed by atoms with Crippen molar-refractivity contribution in [2.75, 3.05) is 5.73 Å². The van der Waals surface area contributed by atoms with E-state index in [1.54, 1.807) is 18.2 Å². The van der Waals surface area contributed by atoms with Gasteiger partial charge >= 0.3 is 0 Å². The molecule has 1 unspecified atom stereocenters. The van der Waals surface area contributed by atoms with Crippen LogP contribution in [0.4, 0.5) is 9.52 Å². The molecular weight excluding hydrogens is 299 g/mol. The van der Waals surface area contributed by atoms with Crippen LogP contribution in [0.5, 0.6) is 5.75 Å². The Hall–Kier alpha value is -2.40. The Labute approximate surface area is 131 Å². The zero-order valence-electron chi connectivity index (χ0n) is 11.7. The average Bonchev–Trinajstić information content (AvgIpc) is 2.92. The largest absolute Gasteiger partial charge is 0.508 e. The molecule has 3 nitrogen and oxygen atoms in total.